The molecule has 6 heteroatoms. The molecular weight excluding hydrogens is 310 g/mol. The third-order valence-corrected chi connectivity index (χ3v) is 6.94. The molecule has 1 fully saturated rings. The molecule has 0 radical (unpaired) electrons. The smallest absolute Gasteiger partial charge is 0.210 e. The standard InChI is InChI=1S/C10H14BrNO2S2/c1-7(8-2-3-8)6-12-16(13,14)10-9(11)4-5-15-10/h4-5,7-8,12H,2-3,6H2,1H3. The van der Waals surface area contributed by atoms with Gasteiger partial charge < -0.3 is 0 Å². The van der Waals surface area contributed by atoms with Gasteiger partial charge in [-0.05, 0) is 52.1 Å². The van der Waals surface area contributed by atoms with Crippen molar-refractivity contribution in [2.45, 2.75) is 24.0 Å². The van der Waals surface area contributed by atoms with Crippen LogP contribution in [-0.4, -0.2) is 15.0 Å². The first-order valence-electron chi connectivity index (χ1n) is 5.23. The summed E-state index contributed by atoms with van der Waals surface area (Å²) in [7, 11) is -3.33. The second-order valence-corrected chi connectivity index (χ2v) is 7.96. The molecule has 0 aliphatic heterocycles. The fraction of sp³-hybridized carbons (Fsp3) is 0.600. The monoisotopic (exact) mass is 323 g/mol. The lowest BCUT2D eigenvalue weighted by atomic mass is 10.1. The van der Waals surface area contributed by atoms with Gasteiger partial charge in [0.25, 0.3) is 10.0 Å². The zero-order valence-corrected chi connectivity index (χ0v) is 12.2. The number of hydrogen-bond donors (Lipinski definition) is 1. The fourth-order valence-electron chi connectivity index (χ4n) is 1.61. The SMILES string of the molecule is CC(CNS(=O)(=O)c1sccc1Br)C1CC1. The van der Waals surface area contributed by atoms with Crippen LogP contribution in [-0.2, 0) is 10.0 Å². The lowest BCUT2D eigenvalue weighted by molar-refractivity contribution is 0.492. The maximum Gasteiger partial charge on any atom is 0.251 e. The summed E-state index contributed by atoms with van der Waals surface area (Å²) >= 11 is 4.48. The number of halogens is 1. The Hall–Kier alpha value is 0.0900. The van der Waals surface area contributed by atoms with Gasteiger partial charge in [-0.1, -0.05) is 6.92 Å². The molecule has 90 valence electrons. The van der Waals surface area contributed by atoms with Crippen molar-refractivity contribution in [1.29, 1.82) is 0 Å². The summed E-state index contributed by atoms with van der Waals surface area (Å²) in [4.78, 5) is 0. The summed E-state index contributed by atoms with van der Waals surface area (Å²) in [5, 5.41) is 1.77. The van der Waals surface area contributed by atoms with Crippen molar-refractivity contribution in [3.8, 4) is 0 Å². The Balaban J connectivity index is 2.00. The molecule has 1 aromatic heterocycles. The molecule has 1 aliphatic rings. The van der Waals surface area contributed by atoms with E-state index in [2.05, 4.69) is 27.6 Å². The highest BCUT2D eigenvalue weighted by atomic mass is 79.9. The van der Waals surface area contributed by atoms with Crippen LogP contribution in [0.25, 0.3) is 0 Å². The molecule has 1 heterocycles. The number of rotatable bonds is 5. The molecule has 1 unspecified atom stereocenters. The van der Waals surface area contributed by atoms with Crippen LogP contribution in [0.3, 0.4) is 0 Å². The van der Waals surface area contributed by atoms with Crippen LogP contribution >= 0.6 is 27.3 Å². The number of thiophene rings is 1. The van der Waals surface area contributed by atoms with E-state index in [-0.39, 0.29) is 0 Å². The molecule has 16 heavy (non-hydrogen) atoms. The quantitative estimate of drug-likeness (QED) is 0.905. The first-order chi connectivity index (χ1) is 7.50. The minimum Gasteiger partial charge on any atom is -0.210 e. The Labute approximate surface area is 108 Å². The molecule has 0 amide bonds. The van der Waals surface area contributed by atoms with Crippen LogP contribution in [0.4, 0.5) is 0 Å². The van der Waals surface area contributed by atoms with E-state index in [4.69, 9.17) is 0 Å². The summed E-state index contributed by atoms with van der Waals surface area (Å²) in [6.07, 6.45) is 2.48. The summed E-state index contributed by atoms with van der Waals surface area (Å²) in [6, 6.07) is 1.75. The van der Waals surface area contributed by atoms with Gasteiger partial charge in [-0.15, -0.1) is 11.3 Å². The largest absolute Gasteiger partial charge is 0.251 e. The Morgan fingerprint density at radius 1 is 1.62 bits per heavy atom. The van der Waals surface area contributed by atoms with Gasteiger partial charge in [0.1, 0.15) is 4.21 Å². The molecular formula is C10H14BrNO2S2. The minimum atomic E-state index is -3.33. The van der Waals surface area contributed by atoms with Crippen LogP contribution in [0.1, 0.15) is 19.8 Å². The van der Waals surface area contributed by atoms with Crippen LogP contribution in [0.2, 0.25) is 0 Å². The fourth-order valence-corrected chi connectivity index (χ4v) is 5.13. The van der Waals surface area contributed by atoms with Gasteiger partial charge in [-0.25, -0.2) is 13.1 Å². The van der Waals surface area contributed by atoms with E-state index in [1.807, 2.05) is 0 Å². The number of sulfonamides is 1. The normalized spacial score (nSPS) is 18.6. The molecule has 1 N–H and O–H groups in total. The second-order valence-electron chi connectivity index (χ2n) is 4.22. The van der Waals surface area contributed by atoms with Gasteiger partial charge in [0.15, 0.2) is 0 Å². The van der Waals surface area contributed by atoms with Crippen molar-refractivity contribution < 1.29 is 8.42 Å². The van der Waals surface area contributed by atoms with E-state index in [0.29, 0.717) is 21.1 Å². The second kappa shape index (κ2) is 4.76. The summed E-state index contributed by atoms with van der Waals surface area (Å²) in [6.45, 7) is 2.64. The first-order valence-corrected chi connectivity index (χ1v) is 8.39. The van der Waals surface area contributed by atoms with Gasteiger partial charge in [0, 0.05) is 11.0 Å². The summed E-state index contributed by atoms with van der Waals surface area (Å²) < 4.78 is 27.6. The minimum absolute atomic E-state index is 0.371. The molecule has 0 bridgehead atoms. The van der Waals surface area contributed by atoms with Gasteiger partial charge in [0.05, 0.1) is 0 Å². The molecule has 2 rings (SSSR count). The molecule has 1 aromatic rings. The van der Waals surface area contributed by atoms with Crippen molar-refractivity contribution in [3.05, 3.63) is 15.9 Å². The number of hydrogen-bond acceptors (Lipinski definition) is 3. The average Bonchev–Trinajstić information content (AvgIpc) is 2.98. The van der Waals surface area contributed by atoms with Gasteiger partial charge in [0.2, 0.25) is 0 Å². The Kier molecular flexibility index (Phi) is 3.73. The Morgan fingerprint density at radius 2 is 2.31 bits per heavy atom. The van der Waals surface area contributed by atoms with E-state index < -0.39 is 10.0 Å². The van der Waals surface area contributed by atoms with E-state index in [0.717, 1.165) is 5.92 Å². The molecule has 0 aromatic carbocycles. The maximum atomic E-state index is 11.9. The van der Waals surface area contributed by atoms with Crippen LogP contribution < -0.4 is 4.72 Å². The molecule has 0 saturated heterocycles. The number of nitrogens with one attached hydrogen (secondary N) is 1. The van der Waals surface area contributed by atoms with Gasteiger partial charge in [-0.3, -0.25) is 0 Å². The lowest BCUT2D eigenvalue weighted by Crippen LogP contribution is -2.28. The predicted octanol–water partition coefficient (Wildman–Crippen LogP) is 2.84. The van der Waals surface area contributed by atoms with E-state index in [1.54, 1.807) is 11.4 Å². The van der Waals surface area contributed by atoms with E-state index in [9.17, 15) is 8.42 Å². The van der Waals surface area contributed by atoms with Gasteiger partial charge in [-0.2, -0.15) is 0 Å². The van der Waals surface area contributed by atoms with Gasteiger partial charge >= 0.3 is 0 Å². The average molecular weight is 324 g/mol. The van der Waals surface area contributed by atoms with Crippen molar-refractivity contribution in [2.24, 2.45) is 11.8 Å². The predicted molar refractivity (Wildman–Crippen MR) is 69.1 cm³/mol. The Bertz CT molecular complexity index is 465. The van der Waals surface area contributed by atoms with Crippen LogP contribution in [0, 0.1) is 11.8 Å². The Morgan fingerprint density at radius 3 is 2.81 bits per heavy atom. The van der Waals surface area contributed by atoms with Crippen molar-refractivity contribution in [1.82, 2.24) is 4.72 Å². The zero-order chi connectivity index (χ0) is 11.8. The summed E-state index contributed by atoms with van der Waals surface area (Å²) in [5.74, 6) is 1.16. The molecule has 1 atom stereocenters. The van der Waals surface area contributed by atoms with E-state index >= 15 is 0 Å². The van der Waals surface area contributed by atoms with Crippen LogP contribution in [0.5, 0.6) is 0 Å². The highest BCUT2D eigenvalue weighted by molar-refractivity contribution is 9.10. The zero-order valence-electron chi connectivity index (χ0n) is 8.94. The van der Waals surface area contributed by atoms with Crippen molar-refractivity contribution in [3.63, 3.8) is 0 Å². The molecule has 3 nitrogen and oxygen atoms in total. The van der Waals surface area contributed by atoms with Crippen LogP contribution in [0.15, 0.2) is 20.1 Å². The third-order valence-electron chi connectivity index (χ3n) is 2.85. The maximum absolute atomic E-state index is 11.9. The molecule has 1 saturated carbocycles. The van der Waals surface area contributed by atoms with Crippen molar-refractivity contribution in [2.75, 3.05) is 6.54 Å². The highest BCUT2D eigenvalue weighted by Gasteiger charge is 2.29. The topological polar surface area (TPSA) is 46.2 Å². The lowest BCUT2D eigenvalue weighted by Gasteiger charge is -2.11. The third kappa shape index (κ3) is 2.85. The van der Waals surface area contributed by atoms with E-state index in [1.165, 1.54) is 24.2 Å². The highest BCUT2D eigenvalue weighted by Crippen LogP contribution is 2.36. The molecule has 1 aliphatic carbocycles. The molecule has 0 spiro atoms. The first kappa shape index (κ1) is 12.5. The summed E-state index contributed by atoms with van der Waals surface area (Å²) in [5.41, 5.74) is 0. The van der Waals surface area contributed by atoms with Crippen molar-refractivity contribution >= 4 is 37.3 Å².